The van der Waals surface area contributed by atoms with Crippen molar-refractivity contribution in [2.45, 2.75) is 13.2 Å². The molecule has 1 aromatic heterocycles. The molecule has 1 heterocycles. The first-order chi connectivity index (χ1) is 8.35. The highest BCUT2D eigenvalue weighted by Gasteiger charge is 2.10. The van der Waals surface area contributed by atoms with Crippen molar-refractivity contribution >= 4 is 11.3 Å². The Morgan fingerprint density at radius 1 is 1.41 bits per heavy atom. The minimum absolute atomic E-state index is 0.0742. The lowest BCUT2D eigenvalue weighted by Gasteiger charge is -2.13. The lowest BCUT2D eigenvalue weighted by Crippen LogP contribution is -2.00. The Balaban J connectivity index is 2.18. The Morgan fingerprint density at radius 3 is 2.94 bits per heavy atom. The van der Waals surface area contributed by atoms with Crippen LogP contribution in [-0.2, 0) is 13.2 Å². The maximum atomic E-state index is 9.25. The summed E-state index contributed by atoms with van der Waals surface area (Å²) >= 11 is 1.53. The molecule has 0 spiro atoms. The van der Waals surface area contributed by atoms with Crippen molar-refractivity contribution < 1.29 is 14.6 Å². The number of aliphatic hydroxyl groups excluding tert-OH is 1. The summed E-state index contributed by atoms with van der Waals surface area (Å²) < 4.78 is 10.9. The summed E-state index contributed by atoms with van der Waals surface area (Å²) in [5.41, 5.74) is 2.47. The van der Waals surface area contributed by atoms with Gasteiger partial charge in [0.1, 0.15) is 6.61 Å². The van der Waals surface area contributed by atoms with Gasteiger partial charge < -0.3 is 14.6 Å². The number of rotatable bonds is 5. The highest BCUT2D eigenvalue weighted by molar-refractivity contribution is 7.09. The molecular weight excluding hydrogens is 238 g/mol. The molecule has 1 N–H and O–H groups in total. The van der Waals surface area contributed by atoms with Crippen LogP contribution >= 0.6 is 11.3 Å². The van der Waals surface area contributed by atoms with E-state index in [9.17, 15) is 5.11 Å². The Kier molecular flexibility index (Phi) is 3.95. The number of para-hydroxylation sites is 1. The molecule has 0 saturated heterocycles. The van der Waals surface area contributed by atoms with Gasteiger partial charge in [0.05, 0.1) is 24.1 Å². The Labute approximate surface area is 103 Å². The van der Waals surface area contributed by atoms with Gasteiger partial charge in [-0.25, -0.2) is 0 Å². The zero-order valence-corrected chi connectivity index (χ0v) is 10.2. The number of nitrogens with zero attached hydrogens (tertiary/aromatic N) is 1. The molecular formula is C12H13NO3S. The minimum Gasteiger partial charge on any atom is -0.493 e. The van der Waals surface area contributed by atoms with E-state index in [4.69, 9.17) is 9.47 Å². The molecule has 0 fully saturated rings. The molecule has 17 heavy (non-hydrogen) atoms. The van der Waals surface area contributed by atoms with Gasteiger partial charge in [0.15, 0.2) is 11.5 Å². The van der Waals surface area contributed by atoms with E-state index in [0.717, 1.165) is 4.88 Å². The Morgan fingerprint density at radius 2 is 2.29 bits per heavy atom. The van der Waals surface area contributed by atoms with Crippen molar-refractivity contribution in [2.24, 2.45) is 0 Å². The topological polar surface area (TPSA) is 51.6 Å². The van der Waals surface area contributed by atoms with Gasteiger partial charge in [-0.1, -0.05) is 12.1 Å². The van der Waals surface area contributed by atoms with E-state index in [-0.39, 0.29) is 6.61 Å². The molecule has 1 aromatic carbocycles. The molecule has 2 aromatic rings. The van der Waals surface area contributed by atoms with E-state index in [2.05, 4.69) is 4.98 Å². The predicted molar refractivity (Wildman–Crippen MR) is 65.4 cm³/mol. The molecule has 5 heteroatoms. The average molecular weight is 251 g/mol. The molecule has 4 nitrogen and oxygen atoms in total. The predicted octanol–water partition coefficient (Wildman–Crippen LogP) is 2.22. The zero-order valence-electron chi connectivity index (χ0n) is 9.42. The normalized spacial score (nSPS) is 10.2. The summed E-state index contributed by atoms with van der Waals surface area (Å²) in [6, 6.07) is 5.44. The van der Waals surface area contributed by atoms with Gasteiger partial charge in [0.2, 0.25) is 0 Å². The summed E-state index contributed by atoms with van der Waals surface area (Å²) in [7, 11) is 1.58. The number of thiazole rings is 1. The number of ether oxygens (including phenoxy) is 2. The van der Waals surface area contributed by atoms with E-state index < -0.39 is 0 Å². The summed E-state index contributed by atoms with van der Waals surface area (Å²) in [6.45, 7) is 0.354. The van der Waals surface area contributed by atoms with Crippen LogP contribution in [0.3, 0.4) is 0 Å². The highest BCUT2D eigenvalue weighted by atomic mass is 32.1. The molecule has 0 amide bonds. The third kappa shape index (κ3) is 2.75. The number of hydrogen-bond acceptors (Lipinski definition) is 5. The number of hydrogen-bond donors (Lipinski definition) is 1. The van der Waals surface area contributed by atoms with Gasteiger partial charge in [0, 0.05) is 11.8 Å². The van der Waals surface area contributed by atoms with Crippen molar-refractivity contribution in [3.05, 3.63) is 40.3 Å². The second kappa shape index (κ2) is 5.65. The molecule has 90 valence electrons. The second-order valence-electron chi connectivity index (χ2n) is 3.36. The molecule has 0 aliphatic rings. The van der Waals surface area contributed by atoms with Crippen LogP contribution in [0.25, 0.3) is 0 Å². The first-order valence-corrected chi connectivity index (χ1v) is 6.00. The van der Waals surface area contributed by atoms with Crippen molar-refractivity contribution in [1.29, 1.82) is 0 Å². The van der Waals surface area contributed by atoms with Gasteiger partial charge >= 0.3 is 0 Å². The average Bonchev–Trinajstić information content (AvgIpc) is 2.88. The molecule has 0 aliphatic heterocycles. The van der Waals surface area contributed by atoms with E-state index in [1.165, 1.54) is 11.3 Å². The van der Waals surface area contributed by atoms with E-state index in [1.807, 2.05) is 12.1 Å². The summed E-state index contributed by atoms with van der Waals surface area (Å²) in [5.74, 6) is 1.21. The summed E-state index contributed by atoms with van der Waals surface area (Å²) in [5, 5.41) is 9.25. The molecule has 0 unspecified atom stereocenters. The Hall–Kier alpha value is -1.59. The van der Waals surface area contributed by atoms with Gasteiger partial charge in [-0.2, -0.15) is 0 Å². The standard InChI is InChI=1S/C12H13NO3S/c1-15-11-4-2-3-9(6-14)12(11)16-7-10-5-13-8-17-10/h2-5,8,14H,6-7H2,1H3. The maximum absolute atomic E-state index is 9.25. The maximum Gasteiger partial charge on any atom is 0.167 e. The van der Waals surface area contributed by atoms with Crippen LogP contribution in [0.4, 0.5) is 0 Å². The lowest BCUT2D eigenvalue weighted by molar-refractivity contribution is 0.251. The number of aliphatic hydroxyl groups is 1. The molecule has 2 rings (SSSR count). The molecule has 0 bridgehead atoms. The number of aromatic nitrogens is 1. The fourth-order valence-corrected chi connectivity index (χ4v) is 1.97. The molecule has 0 saturated carbocycles. The molecule has 0 radical (unpaired) electrons. The largest absolute Gasteiger partial charge is 0.493 e. The van der Waals surface area contributed by atoms with Crippen LogP contribution in [0.2, 0.25) is 0 Å². The van der Waals surface area contributed by atoms with Crippen LogP contribution in [0.15, 0.2) is 29.9 Å². The fourth-order valence-electron chi connectivity index (χ4n) is 1.47. The van der Waals surface area contributed by atoms with Gasteiger partial charge in [-0.3, -0.25) is 4.98 Å². The fraction of sp³-hybridized carbons (Fsp3) is 0.250. The number of benzene rings is 1. The van der Waals surface area contributed by atoms with Crippen molar-refractivity contribution in [3.63, 3.8) is 0 Å². The van der Waals surface area contributed by atoms with Crippen LogP contribution in [0.1, 0.15) is 10.4 Å². The molecule has 0 atom stereocenters. The van der Waals surface area contributed by atoms with Crippen molar-refractivity contribution in [1.82, 2.24) is 4.98 Å². The third-order valence-electron chi connectivity index (χ3n) is 2.29. The lowest BCUT2D eigenvalue weighted by atomic mass is 10.2. The van der Waals surface area contributed by atoms with Gasteiger partial charge in [-0.05, 0) is 6.07 Å². The van der Waals surface area contributed by atoms with E-state index in [1.54, 1.807) is 24.9 Å². The SMILES string of the molecule is COc1cccc(CO)c1OCc1cncs1. The smallest absolute Gasteiger partial charge is 0.167 e. The van der Waals surface area contributed by atoms with E-state index >= 15 is 0 Å². The quantitative estimate of drug-likeness (QED) is 0.885. The second-order valence-corrected chi connectivity index (χ2v) is 4.33. The van der Waals surface area contributed by atoms with Crippen LogP contribution in [0, 0.1) is 0 Å². The Bertz CT molecular complexity index is 448. The van der Waals surface area contributed by atoms with E-state index in [0.29, 0.717) is 23.7 Å². The van der Waals surface area contributed by atoms with Crippen LogP contribution in [0.5, 0.6) is 11.5 Å². The van der Waals surface area contributed by atoms with Crippen molar-refractivity contribution in [3.8, 4) is 11.5 Å². The van der Waals surface area contributed by atoms with Crippen LogP contribution in [-0.4, -0.2) is 17.2 Å². The molecule has 0 aliphatic carbocycles. The monoisotopic (exact) mass is 251 g/mol. The first-order valence-electron chi connectivity index (χ1n) is 5.12. The van der Waals surface area contributed by atoms with Crippen LogP contribution < -0.4 is 9.47 Å². The first kappa shape index (κ1) is 11.9. The van der Waals surface area contributed by atoms with Crippen molar-refractivity contribution in [2.75, 3.05) is 7.11 Å². The summed E-state index contributed by atoms with van der Waals surface area (Å²) in [4.78, 5) is 5.01. The highest BCUT2D eigenvalue weighted by Crippen LogP contribution is 2.31. The zero-order chi connectivity index (χ0) is 12.1. The van der Waals surface area contributed by atoms with Gasteiger partial charge in [0.25, 0.3) is 0 Å². The minimum atomic E-state index is -0.0742. The third-order valence-corrected chi connectivity index (χ3v) is 3.05. The van der Waals surface area contributed by atoms with Gasteiger partial charge in [-0.15, -0.1) is 11.3 Å². The summed E-state index contributed by atoms with van der Waals surface area (Å²) in [6.07, 6.45) is 1.76. The number of methoxy groups -OCH3 is 1.